The molecule has 1 saturated carbocycles. The van der Waals surface area contributed by atoms with Gasteiger partial charge in [0.05, 0.1) is 12.1 Å². The van der Waals surface area contributed by atoms with Crippen molar-refractivity contribution in [3.8, 4) is 0 Å². The predicted molar refractivity (Wildman–Crippen MR) is 79.7 cm³/mol. The van der Waals surface area contributed by atoms with Crippen molar-refractivity contribution in [1.29, 1.82) is 0 Å². The quantitative estimate of drug-likeness (QED) is 0.693. The molecule has 2 fully saturated rings. The molecule has 0 bridgehead atoms. The fourth-order valence-electron chi connectivity index (χ4n) is 2.66. The number of amides is 1. The van der Waals surface area contributed by atoms with Crippen LogP contribution in [-0.2, 0) is 9.53 Å². The number of carbonyl (C=O) groups is 1. The molecule has 20 heavy (non-hydrogen) atoms. The average Bonchev–Trinajstić information content (AvgIpc) is 3.27. The zero-order valence-electron chi connectivity index (χ0n) is 13.2. The summed E-state index contributed by atoms with van der Waals surface area (Å²) in [6, 6.07) is 0. The Kier molecular flexibility index (Phi) is 5.41. The lowest BCUT2D eigenvalue weighted by molar-refractivity contribution is -0.142. The van der Waals surface area contributed by atoms with Gasteiger partial charge >= 0.3 is 0 Å². The van der Waals surface area contributed by atoms with E-state index >= 15 is 0 Å². The van der Waals surface area contributed by atoms with Crippen molar-refractivity contribution in [3.05, 3.63) is 0 Å². The van der Waals surface area contributed by atoms with E-state index in [2.05, 4.69) is 10.2 Å². The summed E-state index contributed by atoms with van der Waals surface area (Å²) in [6.07, 6.45) is 2.62. The van der Waals surface area contributed by atoms with Crippen LogP contribution in [0.4, 0.5) is 0 Å². The van der Waals surface area contributed by atoms with Crippen molar-refractivity contribution >= 4 is 5.91 Å². The topological polar surface area (TPSA) is 44.8 Å². The van der Waals surface area contributed by atoms with Crippen LogP contribution in [0.15, 0.2) is 0 Å². The van der Waals surface area contributed by atoms with Gasteiger partial charge in [0, 0.05) is 46.4 Å². The lowest BCUT2D eigenvalue weighted by atomic mass is 10.00. The van der Waals surface area contributed by atoms with E-state index in [-0.39, 0.29) is 5.91 Å². The number of carbonyl (C=O) groups excluding carboxylic acids is 1. The van der Waals surface area contributed by atoms with Crippen LogP contribution < -0.4 is 5.32 Å². The van der Waals surface area contributed by atoms with Crippen LogP contribution in [0.3, 0.4) is 0 Å². The van der Waals surface area contributed by atoms with Gasteiger partial charge in [-0.3, -0.25) is 9.69 Å². The predicted octanol–water partition coefficient (Wildman–Crippen LogP) is 0.555. The Bertz CT molecular complexity index is 323. The first-order valence-corrected chi connectivity index (χ1v) is 7.81. The molecule has 1 N–H and O–H groups in total. The van der Waals surface area contributed by atoms with Crippen LogP contribution in [0.5, 0.6) is 0 Å². The fraction of sp³-hybridized carbons (Fsp3) is 0.933. The van der Waals surface area contributed by atoms with Crippen molar-refractivity contribution in [2.75, 3.05) is 53.0 Å². The number of likely N-dealkylation sites (N-methyl/N-ethyl adjacent to an activating group) is 1. The third kappa shape index (κ3) is 4.17. The first kappa shape index (κ1) is 15.7. The summed E-state index contributed by atoms with van der Waals surface area (Å²) in [5.41, 5.74) is -0.423. The Morgan fingerprint density at radius 3 is 2.60 bits per heavy atom. The monoisotopic (exact) mass is 283 g/mol. The molecule has 0 spiro atoms. The molecule has 0 unspecified atom stereocenters. The second kappa shape index (κ2) is 6.87. The van der Waals surface area contributed by atoms with Crippen LogP contribution >= 0.6 is 0 Å². The second-order valence-corrected chi connectivity index (χ2v) is 6.54. The van der Waals surface area contributed by atoms with Crippen LogP contribution in [0, 0.1) is 5.92 Å². The van der Waals surface area contributed by atoms with E-state index < -0.39 is 5.54 Å². The maximum absolute atomic E-state index is 12.6. The van der Waals surface area contributed by atoms with E-state index in [1.54, 1.807) is 0 Å². The smallest absolute Gasteiger partial charge is 0.242 e. The molecule has 1 heterocycles. The molecule has 1 amide bonds. The Morgan fingerprint density at radius 2 is 2.00 bits per heavy atom. The minimum Gasteiger partial charge on any atom is -0.379 e. The zero-order valence-corrected chi connectivity index (χ0v) is 13.2. The number of hydrogen-bond acceptors (Lipinski definition) is 4. The molecule has 1 aliphatic heterocycles. The molecule has 116 valence electrons. The van der Waals surface area contributed by atoms with Gasteiger partial charge in [0.15, 0.2) is 0 Å². The molecule has 0 aromatic rings. The van der Waals surface area contributed by atoms with Crippen molar-refractivity contribution in [3.63, 3.8) is 0 Å². The number of rotatable bonds is 7. The highest BCUT2D eigenvalue weighted by molar-refractivity contribution is 5.85. The van der Waals surface area contributed by atoms with Gasteiger partial charge in [-0.15, -0.1) is 0 Å². The Hall–Kier alpha value is -0.650. The maximum Gasteiger partial charge on any atom is 0.242 e. The molecular weight excluding hydrogens is 254 g/mol. The van der Waals surface area contributed by atoms with Crippen molar-refractivity contribution in [2.24, 2.45) is 5.92 Å². The minimum atomic E-state index is -0.423. The molecule has 5 heteroatoms. The number of ether oxygens (including phenoxy) is 1. The van der Waals surface area contributed by atoms with Gasteiger partial charge in [-0.05, 0) is 32.6 Å². The largest absolute Gasteiger partial charge is 0.379 e. The summed E-state index contributed by atoms with van der Waals surface area (Å²) in [6.45, 7) is 10.1. The lowest BCUT2D eigenvalue weighted by Crippen LogP contribution is -2.60. The van der Waals surface area contributed by atoms with Crippen molar-refractivity contribution in [1.82, 2.24) is 15.1 Å². The number of nitrogens with one attached hydrogen (secondary N) is 1. The van der Waals surface area contributed by atoms with Gasteiger partial charge in [0.25, 0.3) is 0 Å². The van der Waals surface area contributed by atoms with Gasteiger partial charge in [-0.2, -0.15) is 0 Å². The van der Waals surface area contributed by atoms with Crippen LogP contribution in [-0.4, -0.2) is 74.2 Å². The zero-order chi connectivity index (χ0) is 14.6. The highest BCUT2D eigenvalue weighted by Crippen LogP contribution is 2.28. The highest BCUT2D eigenvalue weighted by atomic mass is 16.5. The maximum atomic E-state index is 12.6. The molecule has 0 aromatic heterocycles. The van der Waals surface area contributed by atoms with Crippen molar-refractivity contribution in [2.45, 2.75) is 32.2 Å². The van der Waals surface area contributed by atoms with E-state index in [1.165, 1.54) is 12.8 Å². The summed E-state index contributed by atoms with van der Waals surface area (Å²) >= 11 is 0. The highest BCUT2D eigenvalue weighted by Gasteiger charge is 2.36. The molecule has 1 saturated heterocycles. The molecule has 0 atom stereocenters. The molecule has 2 aliphatic rings. The Labute approximate surface area is 122 Å². The van der Waals surface area contributed by atoms with Crippen molar-refractivity contribution < 1.29 is 9.53 Å². The summed E-state index contributed by atoms with van der Waals surface area (Å²) in [5.74, 6) is 0.975. The van der Waals surface area contributed by atoms with E-state index in [0.717, 1.165) is 38.7 Å². The van der Waals surface area contributed by atoms with E-state index in [0.29, 0.717) is 13.2 Å². The molecule has 0 aromatic carbocycles. The van der Waals surface area contributed by atoms with Gasteiger partial charge in [0.2, 0.25) is 5.91 Å². The second-order valence-electron chi connectivity index (χ2n) is 6.54. The summed E-state index contributed by atoms with van der Waals surface area (Å²) in [4.78, 5) is 16.7. The Morgan fingerprint density at radius 1 is 1.35 bits per heavy atom. The van der Waals surface area contributed by atoms with Gasteiger partial charge in [-0.1, -0.05) is 0 Å². The Balaban J connectivity index is 1.74. The molecular formula is C15H29N3O2. The average molecular weight is 283 g/mol. The number of hydrogen-bond donors (Lipinski definition) is 1. The summed E-state index contributed by atoms with van der Waals surface area (Å²) in [5, 5.41) is 3.33. The fourth-order valence-corrected chi connectivity index (χ4v) is 2.66. The molecule has 5 nitrogen and oxygen atoms in total. The van der Waals surface area contributed by atoms with E-state index in [1.807, 2.05) is 25.8 Å². The normalized spacial score (nSPS) is 20.9. The standard InChI is InChI=1S/C15H29N3O2/c1-15(2,18-8-6-16-7-9-18)14(19)17(3)10-11-20-12-13-4-5-13/h13,16H,4-12H2,1-3H3. The third-order valence-electron chi connectivity index (χ3n) is 4.40. The first-order chi connectivity index (χ1) is 9.51. The van der Waals surface area contributed by atoms with Crippen LogP contribution in [0.25, 0.3) is 0 Å². The minimum absolute atomic E-state index is 0.189. The lowest BCUT2D eigenvalue weighted by Gasteiger charge is -2.41. The molecule has 2 rings (SSSR count). The van der Waals surface area contributed by atoms with Gasteiger partial charge in [-0.25, -0.2) is 0 Å². The molecule has 0 radical (unpaired) electrons. The van der Waals surface area contributed by atoms with E-state index in [4.69, 9.17) is 4.74 Å². The first-order valence-electron chi connectivity index (χ1n) is 7.81. The molecule has 1 aliphatic carbocycles. The SMILES string of the molecule is CN(CCOCC1CC1)C(=O)C(C)(C)N1CCNCC1. The number of piperazine rings is 1. The van der Waals surface area contributed by atoms with E-state index in [9.17, 15) is 4.79 Å². The third-order valence-corrected chi connectivity index (χ3v) is 4.40. The van der Waals surface area contributed by atoms with Gasteiger partial charge in [0.1, 0.15) is 0 Å². The van der Waals surface area contributed by atoms with Crippen LogP contribution in [0.2, 0.25) is 0 Å². The summed E-state index contributed by atoms with van der Waals surface area (Å²) in [7, 11) is 1.88. The van der Waals surface area contributed by atoms with Gasteiger partial charge < -0.3 is 15.0 Å². The summed E-state index contributed by atoms with van der Waals surface area (Å²) < 4.78 is 5.62. The van der Waals surface area contributed by atoms with Crippen LogP contribution in [0.1, 0.15) is 26.7 Å². The number of nitrogens with zero attached hydrogens (tertiary/aromatic N) is 2.